The van der Waals surface area contributed by atoms with Crippen molar-refractivity contribution in [2.45, 2.75) is 27.4 Å². The summed E-state index contributed by atoms with van der Waals surface area (Å²) < 4.78 is 11.3. The van der Waals surface area contributed by atoms with Gasteiger partial charge in [0.15, 0.2) is 11.5 Å². The molecule has 1 aromatic heterocycles. The molecular weight excluding hydrogens is 342 g/mol. The number of Topliss-reactive ketones (excluding diaryl/α,β-unsaturated/α-hetero) is 1. The average Bonchev–Trinajstić information content (AvgIpc) is 3.09. The number of hydrogen-bond acceptors (Lipinski definition) is 4. The molecule has 2 aromatic carbocycles. The van der Waals surface area contributed by atoms with Crippen molar-refractivity contribution in [2.24, 2.45) is 0 Å². The van der Waals surface area contributed by atoms with Crippen LogP contribution in [-0.4, -0.2) is 11.7 Å². The van der Waals surface area contributed by atoms with E-state index in [2.05, 4.69) is 11.4 Å². The minimum atomic E-state index is -0.358. The first-order valence-corrected chi connectivity index (χ1v) is 8.63. The van der Waals surface area contributed by atoms with Gasteiger partial charge in [-0.2, -0.15) is 0 Å². The van der Waals surface area contributed by atoms with E-state index < -0.39 is 0 Å². The Kier molecular flexibility index (Phi) is 5.41. The van der Waals surface area contributed by atoms with E-state index in [1.54, 1.807) is 36.4 Å². The summed E-state index contributed by atoms with van der Waals surface area (Å²) in [5, 5.41) is 2.74. The van der Waals surface area contributed by atoms with Gasteiger partial charge in [-0.05, 0) is 80.4 Å². The number of furan rings is 1. The molecule has 0 fully saturated rings. The van der Waals surface area contributed by atoms with Crippen molar-refractivity contribution in [1.29, 1.82) is 0 Å². The molecule has 5 nitrogen and oxygen atoms in total. The third kappa shape index (κ3) is 4.85. The van der Waals surface area contributed by atoms with Gasteiger partial charge in [-0.15, -0.1) is 0 Å². The van der Waals surface area contributed by atoms with Gasteiger partial charge in [0.1, 0.15) is 18.1 Å². The van der Waals surface area contributed by atoms with Gasteiger partial charge in [-0.3, -0.25) is 9.59 Å². The highest BCUT2D eigenvalue weighted by Crippen LogP contribution is 2.19. The lowest BCUT2D eigenvalue weighted by Gasteiger charge is -2.07. The second-order valence-electron chi connectivity index (χ2n) is 6.47. The zero-order chi connectivity index (χ0) is 19.4. The van der Waals surface area contributed by atoms with Crippen molar-refractivity contribution < 1.29 is 18.7 Å². The quantitative estimate of drug-likeness (QED) is 0.631. The molecule has 0 bridgehead atoms. The van der Waals surface area contributed by atoms with Crippen LogP contribution in [0.1, 0.15) is 44.7 Å². The van der Waals surface area contributed by atoms with Crippen LogP contribution in [0.25, 0.3) is 0 Å². The molecule has 0 saturated carbocycles. The largest absolute Gasteiger partial charge is 0.486 e. The number of ether oxygens (including phenoxy) is 1. The van der Waals surface area contributed by atoms with E-state index in [0.717, 1.165) is 16.9 Å². The van der Waals surface area contributed by atoms with Crippen LogP contribution in [-0.2, 0) is 6.61 Å². The van der Waals surface area contributed by atoms with Crippen LogP contribution in [0.2, 0.25) is 0 Å². The molecule has 0 aliphatic carbocycles. The Bertz CT molecular complexity index is 950. The summed E-state index contributed by atoms with van der Waals surface area (Å²) in [5.74, 6) is 1.15. The molecule has 0 radical (unpaired) electrons. The van der Waals surface area contributed by atoms with Crippen molar-refractivity contribution in [3.63, 3.8) is 0 Å². The first-order valence-electron chi connectivity index (χ1n) is 8.63. The van der Waals surface area contributed by atoms with E-state index in [4.69, 9.17) is 9.15 Å². The minimum Gasteiger partial charge on any atom is -0.486 e. The topological polar surface area (TPSA) is 68.5 Å². The lowest BCUT2D eigenvalue weighted by molar-refractivity contribution is 0.0990. The fourth-order valence-electron chi connectivity index (χ4n) is 2.73. The summed E-state index contributed by atoms with van der Waals surface area (Å²) in [4.78, 5) is 23.6. The van der Waals surface area contributed by atoms with Crippen LogP contribution >= 0.6 is 0 Å². The average molecular weight is 363 g/mol. The lowest BCUT2D eigenvalue weighted by atomic mass is 10.1. The number of hydrogen-bond donors (Lipinski definition) is 1. The van der Waals surface area contributed by atoms with Crippen LogP contribution < -0.4 is 10.1 Å². The van der Waals surface area contributed by atoms with Gasteiger partial charge in [0, 0.05) is 11.3 Å². The lowest BCUT2D eigenvalue weighted by Crippen LogP contribution is -2.11. The van der Waals surface area contributed by atoms with Crippen molar-refractivity contribution in [1.82, 2.24) is 0 Å². The second-order valence-corrected chi connectivity index (χ2v) is 6.47. The maximum Gasteiger partial charge on any atom is 0.291 e. The minimum absolute atomic E-state index is 0.0210. The molecule has 3 rings (SSSR count). The van der Waals surface area contributed by atoms with Crippen molar-refractivity contribution in [2.75, 3.05) is 5.32 Å². The number of amides is 1. The van der Waals surface area contributed by atoms with Crippen LogP contribution in [0.15, 0.2) is 59.0 Å². The summed E-state index contributed by atoms with van der Waals surface area (Å²) in [7, 11) is 0. The number of aryl methyl sites for hydroxylation is 2. The summed E-state index contributed by atoms with van der Waals surface area (Å²) >= 11 is 0. The summed E-state index contributed by atoms with van der Waals surface area (Å²) in [6, 6.07) is 16.0. The number of ketones is 1. The summed E-state index contributed by atoms with van der Waals surface area (Å²) in [6.07, 6.45) is 0. The van der Waals surface area contributed by atoms with E-state index in [-0.39, 0.29) is 24.1 Å². The molecule has 0 aliphatic heterocycles. The summed E-state index contributed by atoms with van der Waals surface area (Å²) in [5.41, 5.74) is 3.44. The molecule has 5 heteroatoms. The van der Waals surface area contributed by atoms with E-state index >= 15 is 0 Å². The first-order chi connectivity index (χ1) is 12.9. The molecular formula is C22H21NO4. The van der Waals surface area contributed by atoms with Crippen LogP contribution in [0, 0.1) is 13.8 Å². The molecule has 0 spiro atoms. The number of carbonyl (C=O) groups excluding carboxylic acids is 2. The van der Waals surface area contributed by atoms with Crippen LogP contribution in [0.5, 0.6) is 5.75 Å². The van der Waals surface area contributed by atoms with Gasteiger partial charge < -0.3 is 14.5 Å². The zero-order valence-electron chi connectivity index (χ0n) is 15.5. The maximum absolute atomic E-state index is 12.3. The molecule has 3 aromatic rings. The normalized spacial score (nSPS) is 10.5. The predicted molar refractivity (Wildman–Crippen MR) is 103 cm³/mol. The Morgan fingerprint density at radius 2 is 1.63 bits per heavy atom. The monoisotopic (exact) mass is 363 g/mol. The molecule has 1 amide bonds. The van der Waals surface area contributed by atoms with Crippen molar-refractivity contribution in [3.8, 4) is 5.75 Å². The number of nitrogens with one attached hydrogen (secondary N) is 1. The number of anilines is 1. The summed E-state index contributed by atoms with van der Waals surface area (Å²) in [6.45, 7) is 5.76. The highest BCUT2D eigenvalue weighted by molar-refractivity contribution is 6.02. The molecule has 1 N–H and O–H groups in total. The molecule has 0 aliphatic rings. The van der Waals surface area contributed by atoms with Gasteiger partial charge in [-0.1, -0.05) is 6.07 Å². The maximum atomic E-state index is 12.3. The van der Waals surface area contributed by atoms with Gasteiger partial charge in [0.25, 0.3) is 5.91 Å². The second kappa shape index (κ2) is 7.91. The molecule has 0 atom stereocenters. The Hall–Kier alpha value is -3.34. The standard InChI is InChI=1S/C22H21NO4/c1-14-10-15(2)12-20(11-14)26-13-19-8-9-21(27-19)22(25)23-18-6-4-17(5-7-18)16(3)24/h4-12H,13H2,1-3H3,(H,23,25). The SMILES string of the molecule is CC(=O)c1ccc(NC(=O)c2ccc(COc3cc(C)cc(C)c3)o2)cc1. The fraction of sp³-hybridized carbons (Fsp3) is 0.182. The van der Waals surface area contributed by atoms with Gasteiger partial charge >= 0.3 is 0 Å². The molecule has 27 heavy (non-hydrogen) atoms. The Morgan fingerprint density at radius 1 is 0.963 bits per heavy atom. The molecule has 0 saturated heterocycles. The third-order valence-electron chi connectivity index (χ3n) is 4.01. The molecule has 138 valence electrons. The highest BCUT2D eigenvalue weighted by Gasteiger charge is 2.12. The third-order valence-corrected chi connectivity index (χ3v) is 4.01. The van der Waals surface area contributed by atoms with E-state index in [1.807, 2.05) is 26.0 Å². The van der Waals surface area contributed by atoms with Crippen LogP contribution in [0.3, 0.4) is 0 Å². The Balaban J connectivity index is 1.60. The Morgan fingerprint density at radius 3 is 2.26 bits per heavy atom. The van der Waals surface area contributed by atoms with E-state index in [1.165, 1.54) is 6.92 Å². The fourth-order valence-corrected chi connectivity index (χ4v) is 2.73. The van der Waals surface area contributed by atoms with Gasteiger partial charge in [0.05, 0.1) is 0 Å². The van der Waals surface area contributed by atoms with Gasteiger partial charge in [0.2, 0.25) is 0 Å². The zero-order valence-corrected chi connectivity index (χ0v) is 15.5. The molecule has 1 heterocycles. The molecule has 0 unspecified atom stereocenters. The number of benzene rings is 2. The highest BCUT2D eigenvalue weighted by atomic mass is 16.5. The first kappa shape index (κ1) is 18.5. The smallest absolute Gasteiger partial charge is 0.291 e. The number of rotatable bonds is 6. The van der Waals surface area contributed by atoms with Crippen LogP contribution in [0.4, 0.5) is 5.69 Å². The van der Waals surface area contributed by atoms with Crippen molar-refractivity contribution in [3.05, 3.63) is 82.8 Å². The van der Waals surface area contributed by atoms with E-state index in [0.29, 0.717) is 17.0 Å². The van der Waals surface area contributed by atoms with E-state index in [9.17, 15) is 9.59 Å². The Labute approximate surface area is 158 Å². The van der Waals surface area contributed by atoms with Gasteiger partial charge in [-0.25, -0.2) is 0 Å². The predicted octanol–water partition coefficient (Wildman–Crippen LogP) is 4.93. The number of carbonyl (C=O) groups is 2. The van der Waals surface area contributed by atoms with Crippen molar-refractivity contribution >= 4 is 17.4 Å².